The van der Waals surface area contributed by atoms with Gasteiger partial charge in [-0.15, -0.1) is 0 Å². The first-order valence-corrected chi connectivity index (χ1v) is 21.5. The van der Waals surface area contributed by atoms with E-state index >= 15 is 0 Å². The summed E-state index contributed by atoms with van der Waals surface area (Å²) in [5.41, 5.74) is 3.51. The Kier molecular flexibility index (Phi) is 10.6. The van der Waals surface area contributed by atoms with E-state index in [4.69, 9.17) is 4.74 Å². The third kappa shape index (κ3) is 8.25. The third-order valence-corrected chi connectivity index (χ3v) is 13.7. The summed E-state index contributed by atoms with van der Waals surface area (Å²) < 4.78 is 23.4. The zero-order valence-corrected chi connectivity index (χ0v) is 33.0. The third-order valence-electron chi connectivity index (χ3n) is 12.2. The maximum Gasteiger partial charge on any atom is 0.329 e. The number of urea groups is 1. The van der Waals surface area contributed by atoms with E-state index in [0.717, 1.165) is 119 Å². The van der Waals surface area contributed by atoms with Crippen LogP contribution in [0.1, 0.15) is 69.3 Å². The fraction of sp³-hybridized carbons (Fsp3) is 0.537. The number of carbonyl (C=O) groups excluding carboxylic acids is 2. The second kappa shape index (κ2) is 16.1. The summed E-state index contributed by atoms with van der Waals surface area (Å²) in [4.78, 5) is 40.6. The Balaban J connectivity index is 0.721. The predicted molar refractivity (Wildman–Crippen MR) is 216 cm³/mol. The highest BCUT2D eigenvalue weighted by Gasteiger charge is 2.31. The molecule has 1 aliphatic carbocycles. The Labute approximate surface area is 330 Å². The molecule has 6 heterocycles. The van der Waals surface area contributed by atoms with Crippen LogP contribution < -0.4 is 25.2 Å². The lowest BCUT2D eigenvalue weighted by molar-refractivity contribution is -0.120. The molecule has 0 radical (unpaired) electrons. The number of piperidine rings is 3. The number of nitrogens with one attached hydrogen (secondary N) is 2. The number of anilines is 3. The van der Waals surface area contributed by atoms with Gasteiger partial charge in [0.25, 0.3) is 0 Å². The first kappa shape index (κ1) is 37.0. The Bertz CT molecular complexity index is 2070. The van der Waals surface area contributed by atoms with Gasteiger partial charge in [-0.2, -0.15) is 5.10 Å². The second-order valence-electron chi connectivity index (χ2n) is 16.1. The average molecular weight is 781 g/mol. The number of benzene rings is 2. The predicted octanol–water partition coefficient (Wildman–Crippen LogP) is 5.05. The van der Waals surface area contributed by atoms with Crippen LogP contribution in [-0.4, -0.2) is 110 Å². The number of fused-ring (bicyclic) bond motifs is 1. The van der Waals surface area contributed by atoms with Gasteiger partial charge in [0, 0.05) is 69.9 Å². The topological polar surface area (TPSA) is 141 Å². The van der Waals surface area contributed by atoms with E-state index in [2.05, 4.69) is 76.2 Å². The molecule has 5 fully saturated rings. The summed E-state index contributed by atoms with van der Waals surface area (Å²) in [7, 11) is 0.722. The number of aryl methyl sites for hydroxylation is 1. The van der Waals surface area contributed by atoms with Gasteiger partial charge in [0.15, 0.2) is 11.6 Å². The van der Waals surface area contributed by atoms with Crippen LogP contribution in [0.3, 0.4) is 0 Å². The lowest BCUT2D eigenvalue weighted by Crippen LogP contribution is -2.49. The van der Waals surface area contributed by atoms with E-state index in [9.17, 15) is 13.8 Å². The van der Waals surface area contributed by atoms with Gasteiger partial charge in [-0.05, 0) is 112 Å². The minimum absolute atomic E-state index is 0.243. The largest absolute Gasteiger partial charge is 0.487 e. The quantitative estimate of drug-likeness (QED) is 0.213. The Morgan fingerprint density at radius 2 is 1.64 bits per heavy atom. The van der Waals surface area contributed by atoms with Crippen LogP contribution in [-0.2, 0) is 22.8 Å². The highest BCUT2D eigenvalue weighted by molar-refractivity contribution is 7.82. The summed E-state index contributed by atoms with van der Waals surface area (Å²) >= 11 is 0. The maximum absolute atomic E-state index is 13.7. The van der Waals surface area contributed by atoms with Crippen molar-refractivity contribution in [2.45, 2.75) is 80.7 Å². The molecular weight excluding hydrogens is 729 g/mol. The lowest BCUT2D eigenvalue weighted by Gasteiger charge is -2.38. The van der Waals surface area contributed by atoms with E-state index in [1.165, 1.54) is 11.3 Å². The second-order valence-corrected chi connectivity index (χ2v) is 17.6. The molecule has 4 aromatic rings. The van der Waals surface area contributed by atoms with Gasteiger partial charge < -0.3 is 19.9 Å². The van der Waals surface area contributed by atoms with Crippen LogP contribution in [0.15, 0.2) is 59.8 Å². The van der Waals surface area contributed by atoms with Gasteiger partial charge in [-0.1, -0.05) is 12.1 Å². The summed E-state index contributed by atoms with van der Waals surface area (Å²) in [6.45, 7) is 7.23. The summed E-state index contributed by atoms with van der Waals surface area (Å²) in [5, 5.41) is 11.5. The molecule has 296 valence electrons. The number of hydrogen-bond acceptors (Lipinski definition) is 10. The highest BCUT2D eigenvalue weighted by atomic mass is 32.2. The molecule has 0 spiro atoms. The van der Waals surface area contributed by atoms with Gasteiger partial charge >= 0.3 is 6.03 Å². The van der Waals surface area contributed by atoms with Crippen molar-refractivity contribution in [3.05, 3.63) is 60.4 Å². The highest BCUT2D eigenvalue weighted by Crippen LogP contribution is 2.35. The number of imide groups is 1. The van der Waals surface area contributed by atoms with Crippen LogP contribution in [0.4, 0.5) is 22.2 Å². The lowest BCUT2D eigenvalue weighted by atomic mass is 9.88. The van der Waals surface area contributed by atoms with E-state index in [-0.39, 0.29) is 18.4 Å². The van der Waals surface area contributed by atoms with E-state index in [1.54, 1.807) is 17.3 Å². The molecular formula is C41H52N10O4S. The molecule has 4 aliphatic heterocycles. The Hall–Kier alpha value is -4.60. The molecule has 15 heteroatoms. The Morgan fingerprint density at radius 3 is 2.38 bits per heavy atom. The van der Waals surface area contributed by atoms with Gasteiger partial charge in [-0.3, -0.25) is 19.7 Å². The monoisotopic (exact) mass is 780 g/mol. The van der Waals surface area contributed by atoms with Crippen molar-refractivity contribution in [3.8, 4) is 5.75 Å². The smallest absolute Gasteiger partial charge is 0.329 e. The zero-order chi connectivity index (χ0) is 38.2. The molecule has 1 saturated carbocycles. The molecule has 1 unspecified atom stereocenters. The first-order valence-electron chi connectivity index (χ1n) is 20.4. The fourth-order valence-electron chi connectivity index (χ4n) is 8.78. The van der Waals surface area contributed by atoms with E-state index < -0.39 is 17.0 Å². The minimum atomic E-state index is -1.20. The van der Waals surface area contributed by atoms with Crippen molar-refractivity contribution < 1.29 is 18.5 Å². The fourth-order valence-corrected chi connectivity index (χ4v) is 10.0. The number of amides is 3. The molecule has 3 amide bonds. The van der Waals surface area contributed by atoms with Crippen LogP contribution in [0.2, 0.25) is 0 Å². The molecule has 9 rings (SSSR count). The number of aromatic nitrogens is 4. The van der Waals surface area contributed by atoms with Crippen LogP contribution in [0.5, 0.6) is 5.75 Å². The van der Waals surface area contributed by atoms with Gasteiger partial charge in [-0.25, -0.2) is 23.3 Å². The molecule has 14 nitrogen and oxygen atoms in total. The van der Waals surface area contributed by atoms with Crippen molar-refractivity contribution in [3.63, 3.8) is 0 Å². The molecule has 4 saturated heterocycles. The zero-order valence-electron chi connectivity index (χ0n) is 32.1. The van der Waals surface area contributed by atoms with Gasteiger partial charge in [0.05, 0.1) is 28.9 Å². The summed E-state index contributed by atoms with van der Waals surface area (Å²) in [5.74, 6) is 2.89. The van der Waals surface area contributed by atoms with Crippen molar-refractivity contribution in [1.82, 2.24) is 34.3 Å². The van der Waals surface area contributed by atoms with Gasteiger partial charge in [0.2, 0.25) is 11.9 Å². The molecule has 0 bridgehead atoms. The SMILES string of the molecule is Cn1nc(N2CCC(=O)NC2=O)c2ccc(C3CCN(CC4CCN(c5cccc(S(=O)N6CCC(Nc7ncc(OC8CC8)cn7)CC6)c5)CC4)CC3)cc21. The molecule has 1 atom stereocenters. The Morgan fingerprint density at radius 1 is 0.875 bits per heavy atom. The van der Waals surface area contributed by atoms with Crippen LogP contribution in [0, 0.1) is 5.92 Å². The maximum atomic E-state index is 13.7. The van der Waals surface area contributed by atoms with Crippen molar-refractivity contribution >= 4 is 51.3 Å². The molecule has 2 aromatic carbocycles. The summed E-state index contributed by atoms with van der Waals surface area (Å²) in [6.07, 6.45) is 12.7. The molecule has 2 N–H and O–H groups in total. The minimum Gasteiger partial charge on any atom is -0.487 e. The summed E-state index contributed by atoms with van der Waals surface area (Å²) in [6, 6.07) is 14.7. The van der Waals surface area contributed by atoms with E-state index in [0.29, 0.717) is 36.3 Å². The first-order chi connectivity index (χ1) is 27.3. The van der Waals surface area contributed by atoms with Gasteiger partial charge in [0.1, 0.15) is 11.0 Å². The number of nitrogens with zero attached hydrogens (tertiary/aromatic N) is 8. The number of rotatable bonds is 11. The normalized spacial score (nSPS) is 21.7. The van der Waals surface area contributed by atoms with Crippen molar-refractivity contribution in [1.29, 1.82) is 0 Å². The number of ether oxygens (including phenoxy) is 1. The molecule has 5 aliphatic rings. The number of hydrogen-bond donors (Lipinski definition) is 2. The molecule has 56 heavy (non-hydrogen) atoms. The van der Waals surface area contributed by atoms with Crippen molar-refractivity contribution in [2.75, 3.05) is 67.5 Å². The van der Waals surface area contributed by atoms with Crippen LogP contribution >= 0.6 is 0 Å². The van der Waals surface area contributed by atoms with E-state index in [1.807, 2.05) is 17.8 Å². The standard InChI is InChI=1S/C41H52N10O4S/c1-47-37-23-30(5-8-36(37)39(46-47)51-22-15-38(52)45-41(51)53)29-11-16-48(17-12-29)27-28-9-18-49(19-10-28)32-3-2-4-35(24-32)56(54)50-20-13-31(14-21-50)44-40-42-25-34(26-43-40)55-33-6-7-33/h2-5,8,23-26,28-29,31,33H,6-7,9-22,27H2,1H3,(H,42,43,44)(H,45,52,53). The molecule has 2 aromatic heterocycles. The van der Waals surface area contributed by atoms with Crippen LogP contribution in [0.25, 0.3) is 10.9 Å². The van der Waals surface area contributed by atoms with Crippen molar-refractivity contribution in [2.24, 2.45) is 13.0 Å². The average Bonchev–Trinajstić information content (AvgIpc) is 3.99. The number of likely N-dealkylation sites (tertiary alicyclic amines) is 1. The number of carbonyl (C=O) groups is 2.